The van der Waals surface area contributed by atoms with Crippen molar-refractivity contribution in [3.8, 4) is 5.75 Å². The summed E-state index contributed by atoms with van der Waals surface area (Å²) < 4.78 is 6.66. The topological polar surface area (TPSA) is 60.3 Å². The number of benzene rings is 1. The molecule has 0 aliphatic rings. The molecule has 2 aromatic rings. The summed E-state index contributed by atoms with van der Waals surface area (Å²) in [5.41, 5.74) is 0.864. The summed E-state index contributed by atoms with van der Waals surface area (Å²) >= 11 is 11.7. The van der Waals surface area contributed by atoms with Crippen LogP contribution in [0.1, 0.15) is 17.4 Å². The van der Waals surface area contributed by atoms with E-state index in [1.807, 2.05) is 0 Å². The van der Waals surface area contributed by atoms with Gasteiger partial charge in [0.1, 0.15) is 16.6 Å². The minimum atomic E-state index is -0.571. The highest BCUT2D eigenvalue weighted by Gasteiger charge is 2.17. The van der Waals surface area contributed by atoms with Gasteiger partial charge in [-0.1, -0.05) is 23.2 Å². The molecule has 7 heteroatoms. The smallest absolute Gasteiger partial charge is 0.360 e. The molecule has 0 saturated carbocycles. The minimum Gasteiger partial charge on any atom is -0.422 e. The quantitative estimate of drug-likeness (QED) is 0.693. The molecule has 0 saturated heterocycles. The Labute approximate surface area is 131 Å². The molecule has 110 valence electrons. The molecule has 5 nitrogen and oxygen atoms in total. The van der Waals surface area contributed by atoms with Crippen molar-refractivity contribution in [2.24, 2.45) is 7.05 Å². The van der Waals surface area contributed by atoms with Crippen molar-refractivity contribution in [2.75, 3.05) is 5.32 Å². The number of halogens is 2. The molecule has 21 heavy (non-hydrogen) atoms. The zero-order valence-corrected chi connectivity index (χ0v) is 12.8. The van der Waals surface area contributed by atoms with Crippen LogP contribution >= 0.6 is 23.2 Å². The van der Waals surface area contributed by atoms with Crippen LogP contribution in [0.25, 0.3) is 0 Å². The Morgan fingerprint density at radius 3 is 2.29 bits per heavy atom. The number of hydrogen-bond acceptors (Lipinski definition) is 3. The van der Waals surface area contributed by atoms with Crippen molar-refractivity contribution in [1.29, 1.82) is 0 Å². The van der Waals surface area contributed by atoms with Gasteiger partial charge in [0, 0.05) is 19.7 Å². The van der Waals surface area contributed by atoms with Gasteiger partial charge in [0.15, 0.2) is 0 Å². The zero-order valence-electron chi connectivity index (χ0n) is 11.3. The van der Waals surface area contributed by atoms with Gasteiger partial charge < -0.3 is 14.6 Å². The standard InChI is InChI=1S/C14H12Cl2N2O3/c1-8(19)17-9-3-5-10(6-4-9)21-14(20)12-7-11(15)13(16)18(12)2/h3-7H,1-2H3,(H,17,19). The van der Waals surface area contributed by atoms with Gasteiger partial charge in [-0.25, -0.2) is 4.79 Å². The Kier molecular flexibility index (Phi) is 4.55. The lowest BCUT2D eigenvalue weighted by Gasteiger charge is -2.07. The summed E-state index contributed by atoms with van der Waals surface area (Å²) in [4.78, 5) is 22.9. The summed E-state index contributed by atoms with van der Waals surface area (Å²) in [6, 6.07) is 7.87. The Hall–Kier alpha value is -1.98. The first kappa shape index (κ1) is 15.4. The maximum atomic E-state index is 12.0. The molecule has 0 fully saturated rings. The molecule has 0 bridgehead atoms. The van der Waals surface area contributed by atoms with E-state index in [0.29, 0.717) is 11.4 Å². The molecule has 0 unspecified atom stereocenters. The number of rotatable bonds is 3. The minimum absolute atomic E-state index is 0.173. The van der Waals surface area contributed by atoms with Gasteiger partial charge in [-0.3, -0.25) is 4.79 Å². The molecule has 0 spiro atoms. The summed E-state index contributed by atoms with van der Waals surface area (Å²) in [6.45, 7) is 1.41. The van der Waals surface area contributed by atoms with Crippen LogP contribution in [0.5, 0.6) is 5.75 Å². The summed E-state index contributed by atoms with van der Waals surface area (Å²) in [7, 11) is 1.62. The van der Waals surface area contributed by atoms with E-state index in [1.165, 1.54) is 17.6 Å². The molecular weight excluding hydrogens is 315 g/mol. The third kappa shape index (κ3) is 3.56. The van der Waals surface area contributed by atoms with Crippen LogP contribution < -0.4 is 10.1 Å². The molecule has 1 heterocycles. The monoisotopic (exact) mass is 326 g/mol. The highest BCUT2D eigenvalue weighted by Crippen LogP contribution is 2.26. The molecule has 1 N–H and O–H groups in total. The second kappa shape index (κ2) is 6.20. The van der Waals surface area contributed by atoms with E-state index < -0.39 is 5.97 Å². The highest BCUT2D eigenvalue weighted by molar-refractivity contribution is 6.41. The third-order valence-electron chi connectivity index (χ3n) is 2.71. The maximum absolute atomic E-state index is 12.0. The van der Waals surface area contributed by atoms with Crippen LogP contribution in [0.2, 0.25) is 10.2 Å². The van der Waals surface area contributed by atoms with Crippen LogP contribution in [0.3, 0.4) is 0 Å². The highest BCUT2D eigenvalue weighted by atomic mass is 35.5. The first-order valence-electron chi connectivity index (χ1n) is 5.99. The molecular formula is C14H12Cl2N2O3. The molecule has 1 aromatic carbocycles. The van der Waals surface area contributed by atoms with Crippen molar-refractivity contribution in [2.45, 2.75) is 6.92 Å². The first-order valence-corrected chi connectivity index (χ1v) is 6.74. The predicted molar refractivity (Wildman–Crippen MR) is 81.1 cm³/mol. The predicted octanol–water partition coefficient (Wildman–Crippen LogP) is 3.51. The largest absolute Gasteiger partial charge is 0.422 e. The van der Waals surface area contributed by atoms with Crippen molar-refractivity contribution in [3.05, 3.63) is 46.2 Å². The van der Waals surface area contributed by atoms with Gasteiger partial charge >= 0.3 is 5.97 Å². The fourth-order valence-electron chi connectivity index (χ4n) is 1.71. The maximum Gasteiger partial charge on any atom is 0.360 e. The average molecular weight is 327 g/mol. The van der Waals surface area contributed by atoms with Crippen LogP contribution in [-0.2, 0) is 11.8 Å². The lowest BCUT2D eigenvalue weighted by atomic mass is 10.3. The van der Waals surface area contributed by atoms with E-state index in [4.69, 9.17) is 27.9 Å². The molecule has 0 aliphatic carbocycles. The third-order valence-corrected chi connectivity index (χ3v) is 3.55. The van der Waals surface area contributed by atoms with E-state index in [9.17, 15) is 9.59 Å². The Morgan fingerprint density at radius 1 is 1.19 bits per heavy atom. The van der Waals surface area contributed by atoms with Gasteiger partial charge in [0.25, 0.3) is 0 Å². The lowest BCUT2D eigenvalue weighted by molar-refractivity contribution is -0.114. The second-order valence-electron chi connectivity index (χ2n) is 4.32. The summed E-state index contributed by atoms with van der Waals surface area (Å²) in [5.74, 6) is -0.394. The van der Waals surface area contributed by atoms with Crippen LogP contribution in [-0.4, -0.2) is 16.4 Å². The first-order chi connectivity index (χ1) is 9.88. The zero-order chi connectivity index (χ0) is 15.6. The summed E-state index contributed by atoms with van der Waals surface area (Å²) in [6.07, 6.45) is 0. The number of ether oxygens (including phenoxy) is 1. The average Bonchev–Trinajstić information content (AvgIpc) is 2.68. The van der Waals surface area contributed by atoms with Gasteiger partial charge in [-0.2, -0.15) is 0 Å². The molecule has 0 atom stereocenters. The fraction of sp³-hybridized carbons (Fsp3) is 0.143. The number of nitrogens with zero attached hydrogens (tertiary/aromatic N) is 1. The molecule has 0 radical (unpaired) electrons. The van der Waals surface area contributed by atoms with Gasteiger partial charge in [0.2, 0.25) is 5.91 Å². The molecule has 1 amide bonds. The van der Waals surface area contributed by atoms with Gasteiger partial charge in [0.05, 0.1) is 5.02 Å². The van der Waals surface area contributed by atoms with Crippen molar-refractivity contribution < 1.29 is 14.3 Å². The van der Waals surface area contributed by atoms with Crippen molar-refractivity contribution in [3.63, 3.8) is 0 Å². The lowest BCUT2D eigenvalue weighted by Crippen LogP contribution is -2.13. The number of nitrogens with one attached hydrogen (secondary N) is 1. The van der Waals surface area contributed by atoms with Crippen LogP contribution in [0, 0.1) is 0 Å². The molecule has 0 aliphatic heterocycles. The number of carbonyl (C=O) groups excluding carboxylic acids is 2. The Morgan fingerprint density at radius 2 is 1.81 bits per heavy atom. The molecule has 1 aromatic heterocycles. The number of hydrogen-bond donors (Lipinski definition) is 1. The van der Waals surface area contributed by atoms with Crippen molar-refractivity contribution in [1.82, 2.24) is 4.57 Å². The number of amides is 1. The van der Waals surface area contributed by atoms with Gasteiger partial charge in [-0.05, 0) is 30.3 Å². The van der Waals surface area contributed by atoms with E-state index in [-0.39, 0.29) is 21.8 Å². The van der Waals surface area contributed by atoms with E-state index >= 15 is 0 Å². The molecule has 2 rings (SSSR count). The Bertz CT molecular complexity index is 693. The van der Waals surface area contributed by atoms with Crippen molar-refractivity contribution >= 4 is 40.8 Å². The summed E-state index contributed by atoms with van der Waals surface area (Å²) in [5, 5.41) is 3.17. The number of anilines is 1. The van der Waals surface area contributed by atoms with Gasteiger partial charge in [-0.15, -0.1) is 0 Å². The van der Waals surface area contributed by atoms with E-state index in [1.54, 1.807) is 31.3 Å². The second-order valence-corrected chi connectivity index (χ2v) is 5.09. The van der Waals surface area contributed by atoms with E-state index in [0.717, 1.165) is 0 Å². The number of carbonyl (C=O) groups is 2. The fourth-order valence-corrected chi connectivity index (χ4v) is 2.08. The number of aromatic nitrogens is 1. The normalized spacial score (nSPS) is 10.3. The Balaban J connectivity index is 2.12. The van der Waals surface area contributed by atoms with Crippen LogP contribution in [0.15, 0.2) is 30.3 Å². The van der Waals surface area contributed by atoms with E-state index in [2.05, 4.69) is 5.32 Å². The number of esters is 1. The van der Waals surface area contributed by atoms with Crippen LogP contribution in [0.4, 0.5) is 5.69 Å². The SMILES string of the molecule is CC(=O)Nc1ccc(OC(=O)c2cc(Cl)c(Cl)n2C)cc1.